The number of fused-ring (bicyclic) bond motifs is 1. The zero-order valence-corrected chi connectivity index (χ0v) is 20.7. The van der Waals surface area contributed by atoms with Gasteiger partial charge in [0.25, 0.3) is 5.91 Å². The number of nitrogens with one attached hydrogen (secondary N) is 2. The fraction of sp³-hybridized carbons (Fsp3) is 0.207. The maximum Gasteiger partial charge on any atom is 0.342 e. The van der Waals surface area contributed by atoms with Gasteiger partial charge in [0.1, 0.15) is 5.75 Å². The van der Waals surface area contributed by atoms with Crippen LogP contribution in [0.5, 0.6) is 17.2 Å². The second-order valence-corrected chi connectivity index (χ2v) is 9.54. The summed E-state index contributed by atoms with van der Waals surface area (Å²) in [7, 11) is 0. The fourth-order valence-corrected chi connectivity index (χ4v) is 4.39. The number of phenols is 1. The van der Waals surface area contributed by atoms with Crippen molar-refractivity contribution in [3.8, 4) is 28.5 Å². The molecule has 1 aliphatic heterocycles. The molecule has 2 aliphatic rings. The SMILES string of the molecule is Cc1ccc(CNC(=O)n2nc(-c3ccc(NC(=O)c4ccc5c(c4)OCO5)cc3O)cc2C2CC2)cc1. The summed E-state index contributed by atoms with van der Waals surface area (Å²) in [6.45, 7) is 2.54. The molecule has 6 rings (SSSR count). The van der Waals surface area contributed by atoms with Crippen molar-refractivity contribution in [2.24, 2.45) is 0 Å². The Bertz CT molecular complexity index is 1540. The van der Waals surface area contributed by atoms with Crippen LogP contribution in [0.15, 0.2) is 66.7 Å². The largest absolute Gasteiger partial charge is 0.507 e. The zero-order valence-electron chi connectivity index (χ0n) is 20.7. The number of aryl methyl sites for hydroxylation is 1. The third-order valence-electron chi connectivity index (χ3n) is 6.66. The van der Waals surface area contributed by atoms with Crippen LogP contribution in [0, 0.1) is 6.92 Å². The van der Waals surface area contributed by atoms with Crippen LogP contribution >= 0.6 is 0 Å². The molecule has 0 spiro atoms. The van der Waals surface area contributed by atoms with Crippen molar-refractivity contribution in [2.75, 3.05) is 12.1 Å². The predicted molar refractivity (Wildman–Crippen MR) is 141 cm³/mol. The van der Waals surface area contributed by atoms with Crippen LogP contribution in [0.25, 0.3) is 11.3 Å². The Morgan fingerprint density at radius 1 is 1.00 bits per heavy atom. The summed E-state index contributed by atoms with van der Waals surface area (Å²) in [4.78, 5) is 25.7. The highest BCUT2D eigenvalue weighted by atomic mass is 16.7. The summed E-state index contributed by atoms with van der Waals surface area (Å²) in [5.74, 6) is 0.975. The van der Waals surface area contributed by atoms with Crippen molar-refractivity contribution in [1.29, 1.82) is 0 Å². The third-order valence-corrected chi connectivity index (χ3v) is 6.66. The summed E-state index contributed by atoms with van der Waals surface area (Å²) < 4.78 is 12.0. The van der Waals surface area contributed by atoms with Gasteiger partial charge in [0.15, 0.2) is 11.5 Å². The maximum absolute atomic E-state index is 13.0. The van der Waals surface area contributed by atoms with Gasteiger partial charge >= 0.3 is 6.03 Å². The van der Waals surface area contributed by atoms with Crippen LogP contribution in [0.4, 0.5) is 10.5 Å². The Hall–Kier alpha value is -4.79. The average Bonchev–Trinajstić information content (AvgIpc) is 3.48. The van der Waals surface area contributed by atoms with Gasteiger partial charge in [0.2, 0.25) is 6.79 Å². The quantitative estimate of drug-likeness (QED) is 0.329. The van der Waals surface area contributed by atoms with Crippen molar-refractivity contribution in [3.05, 3.63) is 89.1 Å². The van der Waals surface area contributed by atoms with Crippen molar-refractivity contribution in [3.63, 3.8) is 0 Å². The molecule has 0 radical (unpaired) electrons. The lowest BCUT2D eigenvalue weighted by atomic mass is 10.1. The number of anilines is 1. The van der Waals surface area contributed by atoms with Gasteiger partial charge in [-0.3, -0.25) is 4.79 Å². The Kier molecular flexibility index (Phi) is 5.95. The van der Waals surface area contributed by atoms with Crippen LogP contribution in [0.3, 0.4) is 0 Å². The number of aromatic nitrogens is 2. The van der Waals surface area contributed by atoms with E-state index in [1.54, 1.807) is 30.3 Å². The molecule has 38 heavy (non-hydrogen) atoms. The van der Waals surface area contributed by atoms with Gasteiger partial charge in [-0.15, -0.1) is 0 Å². The summed E-state index contributed by atoms with van der Waals surface area (Å²) in [6.07, 6.45) is 1.99. The molecular formula is C29H26N4O5. The molecule has 0 unspecified atom stereocenters. The van der Waals surface area contributed by atoms with Gasteiger partial charge in [-0.1, -0.05) is 29.8 Å². The minimum Gasteiger partial charge on any atom is -0.507 e. The lowest BCUT2D eigenvalue weighted by Crippen LogP contribution is -2.30. The van der Waals surface area contributed by atoms with Crippen molar-refractivity contribution >= 4 is 17.6 Å². The molecule has 1 aromatic heterocycles. The van der Waals surface area contributed by atoms with Crippen LogP contribution in [-0.4, -0.2) is 33.6 Å². The number of phenolic OH excluding ortho intramolecular Hbond substituents is 1. The molecule has 0 bridgehead atoms. The molecule has 2 heterocycles. The number of hydrogen-bond acceptors (Lipinski definition) is 6. The zero-order chi connectivity index (χ0) is 26.2. The number of ether oxygens (including phenoxy) is 2. The molecule has 1 fully saturated rings. The summed E-state index contributed by atoms with van der Waals surface area (Å²) >= 11 is 0. The Morgan fingerprint density at radius 2 is 1.79 bits per heavy atom. The van der Waals surface area contributed by atoms with E-state index in [0.29, 0.717) is 40.6 Å². The Balaban J connectivity index is 1.19. The molecular weight excluding hydrogens is 484 g/mol. The molecule has 0 saturated heterocycles. The minimum atomic E-state index is -0.346. The lowest BCUT2D eigenvalue weighted by Gasteiger charge is -2.09. The molecule has 2 amide bonds. The maximum atomic E-state index is 13.0. The standard InChI is InChI=1S/C29H26N4O5/c1-17-2-4-18(5-3-17)15-30-29(36)33-24(19-6-7-19)14-23(32-33)22-10-9-21(13-25(22)34)31-28(35)20-8-11-26-27(12-20)38-16-37-26/h2-5,8-14,19,34H,6-7,15-16H2,1H3,(H,30,36)(H,31,35). The molecule has 3 N–H and O–H groups in total. The van der Waals surface area contributed by atoms with Gasteiger partial charge in [0.05, 0.1) is 11.4 Å². The van der Waals surface area contributed by atoms with E-state index >= 15 is 0 Å². The monoisotopic (exact) mass is 510 g/mol. The molecule has 3 aromatic carbocycles. The van der Waals surface area contributed by atoms with Crippen molar-refractivity contribution in [1.82, 2.24) is 15.1 Å². The minimum absolute atomic E-state index is 0.0550. The third kappa shape index (κ3) is 4.78. The number of aromatic hydroxyl groups is 1. The van der Waals surface area contributed by atoms with Crippen LogP contribution in [0.1, 0.15) is 45.9 Å². The van der Waals surface area contributed by atoms with Crippen molar-refractivity contribution in [2.45, 2.75) is 32.2 Å². The van der Waals surface area contributed by atoms with Gasteiger partial charge in [-0.2, -0.15) is 9.78 Å². The van der Waals surface area contributed by atoms with Crippen LogP contribution in [0.2, 0.25) is 0 Å². The number of carbonyl (C=O) groups excluding carboxylic acids is 2. The van der Waals surface area contributed by atoms with E-state index in [9.17, 15) is 14.7 Å². The molecule has 1 aliphatic carbocycles. The summed E-state index contributed by atoms with van der Waals surface area (Å²) in [5.41, 5.74) is 4.77. The topological polar surface area (TPSA) is 115 Å². The number of hydrogen-bond donors (Lipinski definition) is 3. The molecule has 9 heteroatoms. The second kappa shape index (κ2) is 9.59. The van der Waals surface area contributed by atoms with Gasteiger partial charge in [-0.25, -0.2) is 4.79 Å². The molecule has 192 valence electrons. The fourth-order valence-electron chi connectivity index (χ4n) is 4.39. The van der Waals surface area contributed by atoms with Crippen LogP contribution < -0.4 is 20.1 Å². The first-order valence-corrected chi connectivity index (χ1v) is 12.4. The van der Waals surface area contributed by atoms with Gasteiger partial charge in [-0.05, 0) is 61.7 Å². The van der Waals surface area contributed by atoms with E-state index in [1.165, 1.54) is 10.7 Å². The summed E-state index contributed by atoms with van der Waals surface area (Å²) in [5, 5.41) is 21.0. The number of amides is 2. The predicted octanol–water partition coefficient (Wildman–Crippen LogP) is 5.18. The molecule has 1 saturated carbocycles. The normalized spacial score (nSPS) is 13.8. The van der Waals surface area contributed by atoms with E-state index in [-0.39, 0.29) is 30.4 Å². The lowest BCUT2D eigenvalue weighted by molar-refractivity contribution is 0.102. The highest BCUT2D eigenvalue weighted by Crippen LogP contribution is 2.42. The first kappa shape index (κ1) is 23.6. The molecule has 9 nitrogen and oxygen atoms in total. The second-order valence-electron chi connectivity index (χ2n) is 9.54. The number of carbonyl (C=O) groups is 2. The number of nitrogens with zero attached hydrogens (tertiary/aromatic N) is 2. The highest BCUT2D eigenvalue weighted by Gasteiger charge is 2.31. The number of benzene rings is 3. The van der Waals surface area contributed by atoms with E-state index in [1.807, 2.05) is 37.3 Å². The van der Waals surface area contributed by atoms with E-state index < -0.39 is 0 Å². The first-order valence-electron chi connectivity index (χ1n) is 12.4. The van der Waals surface area contributed by atoms with Crippen molar-refractivity contribution < 1.29 is 24.2 Å². The van der Waals surface area contributed by atoms with Gasteiger partial charge in [0, 0.05) is 35.3 Å². The Labute approximate surface area is 219 Å². The molecule has 0 atom stereocenters. The van der Waals surface area contributed by atoms with E-state index in [4.69, 9.17) is 9.47 Å². The van der Waals surface area contributed by atoms with Gasteiger partial charge < -0.3 is 25.2 Å². The first-order chi connectivity index (χ1) is 18.4. The average molecular weight is 511 g/mol. The Morgan fingerprint density at radius 3 is 2.55 bits per heavy atom. The summed E-state index contributed by atoms with van der Waals surface area (Å²) in [6, 6.07) is 19.3. The van der Waals surface area contributed by atoms with E-state index in [2.05, 4.69) is 15.7 Å². The smallest absolute Gasteiger partial charge is 0.342 e. The van der Waals surface area contributed by atoms with Crippen LogP contribution in [-0.2, 0) is 6.54 Å². The van der Waals surface area contributed by atoms with E-state index in [0.717, 1.165) is 29.7 Å². The molecule has 4 aromatic rings. The number of rotatable bonds is 6. The highest BCUT2D eigenvalue weighted by molar-refractivity contribution is 6.05.